The van der Waals surface area contributed by atoms with Crippen LogP contribution < -0.4 is 4.90 Å². The van der Waals surface area contributed by atoms with E-state index in [2.05, 4.69) is 27.7 Å². The van der Waals surface area contributed by atoms with Crippen molar-refractivity contribution in [1.29, 1.82) is 0 Å². The van der Waals surface area contributed by atoms with E-state index in [1.54, 1.807) is 6.08 Å². The molecule has 142 valence electrons. The molecule has 4 rings (SSSR count). The summed E-state index contributed by atoms with van der Waals surface area (Å²) in [5.74, 6) is 2.06. The van der Waals surface area contributed by atoms with Crippen LogP contribution in [0.15, 0.2) is 29.4 Å². The minimum absolute atomic E-state index is 0.0909. The minimum atomic E-state index is 0.0909. The van der Waals surface area contributed by atoms with Crippen LogP contribution in [-0.4, -0.2) is 40.6 Å². The van der Waals surface area contributed by atoms with Crippen LogP contribution in [-0.2, 0) is 11.3 Å². The molecule has 1 spiro atoms. The van der Waals surface area contributed by atoms with Gasteiger partial charge in [-0.15, -0.1) is 0 Å². The Morgan fingerprint density at radius 2 is 2.07 bits per heavy atom. The summed E-state index contributed by atoms with van der Waals surface area (Å²) in [6.07, 6.45) is 6.34. The summed E-state index contributed by atoms with van der Waals surface area (Å²) in [4.78, 5) is 21.5. The monoisotopic (exact) mass is 366 g/mol. The van der Waals surface area contributed by atoms with Crippen LogP contribution in [0.5, 0.6) is 0 Å². The summed E-state index contributed by atoms with van der Waals surface area (Å²) in [5, 5.41) is 4.01. The molecule has 6 nitrogen and oxygen atoms in total. The first kappa shape index (κ1) is 17.8. The molecule has 27 heavy (non-hydrogen) atoms. The number of aromatic nitrogens is 2. The van der Waals surface area contributed by atoms with Crippen LogP contribution >= 0.6 is 0 Å². The third-order valence-electron chi connectivity index (χ3n) is 6.09. The molecule has 2 fully saturated rings. The molecule has 2 aromatic rings. The molecular weight excluding hydrogens is 340 g/mol. The van der Waals surface area contributed by atoms with Crippen LogP contribution in [0.2, 0.25) is 0 Å². The zero-order valence-corrected chi connectivity index (χ0v) is 16.1. The summed E-state index contributed by atoms with van der Waals surface area (Å²) in [6, 6.07) is 4.10. The second-order valence-electron chi connectivity index (χ2n) is 7.87. The molecule has 1 amide bonds. The predicted molar refractivity (Wildman–Crippen MR) is 104 cm³/mol. The maximum absolute atomic E-state index is 12.7. The number of carbonyl (C=O) groups is 1. The number of hydrogen-bond donors (Lipinski definition) is 0. The number of likely N-dealkylation sites (tertiary alicyclic amines) is 1. The maximum atomic E-state index is 12.7. The van der Waals surface area contributed by atoms with Gasteiger partial charge in [-0.1, -0.05) is 17.8 Å². The number of carbonyl (C=O) groups excluding carboxylic acids is 1. The van der Waals surface area contributed by atoms with E-state index in [-0.39, 0.29) is 11.3 Å². The second kappa shape index (κ2) is 6.83. The van der Waals surface area contributed by atoms with Gasteiger partial charge in [0.2, 0.25) is 5.91 Å². The topological polar surface area (TPSA) is 62.5 Å². The Labute approximate surface area is 159 Å². The van der Waals surface area contributed by atoms with Crippen molar-refractivity contribution in [2.24, 2.45) is 5.41 Å². The van der Waals surface area contributed by atoms with Crippen molar-refractivity contribution in [3.05, 3.63) is 47.5 Å². The molecule has 0 bridgehead atoms. The van der Waals surface area contributed by atoms with E-state index in [0.29, 0.717) is 13.0 Å². The summed E-state index contributed by atoms with van der Waals surface area (Å²) in [5.41, 5.74) is 3.05. The molecule has 2 aliphatic heterocycles. The van der Waals surface area contributed by atoms with Gasteiger partial charge in [0.05, 0.1) is 12.2 Å². The van der Waals surface area contributed by atoms with Crippen molar-refractivity contribution < 1.29 is 9.32 Å². The van der Waals surface area contributed by atoms with Gasteiger partial charge in [0, 0.05) is 43.2 Å². The van der Waals surface area contributed by atoms with Crippen molar-refractivity contribution in [2.45, 2.75) is 39.7 Å². The minimum Gasteiger partial charge on any atom is -0.361 e. The van der Waals surface area contributed by atoms with Crippen LogP contribution in [0, 0.1) is 19.3 Å². The summed E-state index contributed by atoms with van der Waals surface area (Å²) >= 11 is 0. The Kier molecular flexibility index (Phi) is 4.50. The Balaban J connectivity index is 1.41. The van der Waals surface area contributed by atoms with Crippen molar-refractivity contribution in [1.82, 2.24) is 15.0 Å². The molecule has 2 aliphatic rings. The summed E-state index contributed by atoms with van der Waals surface area (Å²) in [6.45, 7) is 10.9. The Morgan fingerprint density at radius 3 is 2.67 bits per heavy atom. The lowest BCUT2D eigenvalue weighted by Crippen LogP contribution is -2.42. The Morgan fingerprint density at radius 1 is 1.30 bits per heavy atom. The van der Waals surface area contributed by atoms with Crippen LogP contribution in [0.4, 0.5) is 5.82 Å². The number of hydrogen-bond acceptors (Lipinski definition) is 5. The summed E-state index contributed by atoms with van der Waals surface area (Å²) < 4.78 is 5.25. The molecular formula is C21H26N4O2. The molecule has 0 unspecified atom stereocenters. The zero-order valence-electron chi connectivity index (χ0n) is 16.1. The standard InChI is InChI=1S/C21H26N4O2/c1-4-17-5-6-19(22-12-17)24-9-7-21(8-10-24)11-20(26)25(14-21)13-18-15(2)23-27-16(18)3/h4-6,12H,1,7-11,13-14H2,2-3H3. The Bertz CT molecular complexity index is 828. The van der Waals surface area contributed by atoms with Gasteiger partial charge in [-0.2, -0.15) is 0 Å². The average molecular weight is 366 g/mol. The van der Waals surface area contributed by atoms with Crippen molar-refractivity contribution in [3.63, 3.8) is 0 Å². The highest BCUT2D eigenvalue weighted by molar-refractivity contribution is 5.79. The summed E-state index contributed by atoms with van der Waals surface area (Å²) in [7, 11) is 0. The van der Waals surface area contributed by atoms with Crippen LogP contribution in [0.3, 0.4) is 0 Å². The normalized spacial score (nSPS) is 19.1. The van der Waals surface area contributed by atoms with E-state index in [9.17, 15) is 4.79 Å². The van der Waals surface area contributed by atoms with Gasteiger partial charge in [0.15, 0.2) is 0 Å². The van der Waals surface area contributed by atoms with Gasteiger partial charge in [0.25, 0.3) is 0 Å². The molecule has 2 saturated heterocycles. The van der Waals surface area contributed by atoms with E-state index in [4.69, 9.17) is 4.52 Å². The fourth-order valence-corrected chi connectivity index (χ4v) is 4.29. The molecule has 0 aromatic carbocycles. The quantitative estimate of drug-likeness (QED) is 0.830. The lowest BCUT2D eigenvalue weighted by atomic mass is 9.77. The highest BCUT2D eigenvalue weighted by Gasteiger charge is 2.45. The van der Waals surface area contributed by atoms with Crippen LogP contribution in [0.1, 0.15) is 41.8 Å². The molecule has 0 saturated carbocycles. The van der Waals surface area contributed by atoms with Crippen LogP contribution in [0.25, 0.3) is 6.08 Å². The fraction of sp³-hybridized carbons (Fsp3) is 0.476. The van der Waals surface area contributed by atoms with Crippen molar-refractivity contribution >= 4 is 17.8 Å². The molecule has 6 heteroatoms. The number of anilines is 1. The second-order valence-corrected chi connectivity index (χ2v) is 7.87. The first-order valence-electron chi connectivity index (χ1n) is 9.53. The third kappa shape index (κ3) is 3.36. The van der Waals surface area contributed by atoms with E-state index in [0.717, 1.165) is 60.9 Å². The van der Waals surface area contributed by atoms with Gasteiger partial charge in [-0.25, -0.2) is 4.98 Å². The van der Waals surface area contributed by atoms with E-state index in [1.165, 1.54) is 0 Å². The molecule has 0 atom stereocenters. The lowest BCUT2D eigenvalue weighted by Gasteiger charge is -2.39. The predicted octanol–water partition coefficient (Wildman–Crippen LogP) is 3.35. The number of piperidine rings is 1. The lowest BCUT2D eigenvalue weighted by molar-refractivity contribution is -0.128. The number of amides is 1. The smallest absolute Gasteiger partial charge is 0.223 e. The molecule has 2 aromatic heterocycles. The number of nitrogens with zero attached hydrogens (tertiary/aromatic N) is 4. The zero-order chi connectivity index (χ0) is 19.0. The van der Waals surface area contributed by atoms with Gasteiger partial charge < -0.3 is 14.3 Å². The van der Waals surface area contributed by atoms with E-state index >= 15 is 0 Å². The first-order valence-corrected chi connectivity index (χ1v) is 9.53. The van der Waals surface area contributed by atoms with Gasteiger partial charge >= 0.3 is 0 Å². The van der Waals surface area contributed by atoms with E-state index < -0.39 is 0 Å². The molecule has 0 N–H and O–H groups in total. The highest BCUT2D eigenvalue weighted by atomic mass is 16.5. The van der Waals surface area contributed by atoms with E-state index in [1.807, 2.05) is 31.0 Å². The largest absolute Gasteiger partial charge is 0.361 e. The van der Waals surface area contributed by atoms with Crippen molar-refractivity contribution in [3.8, 4) is 0 Å². The first-order chi connectivity index (χ1) is 13.0. The Hall–Kier alpha value is -2.63. The van der Waals surface area contributed by atoms with Gasteiger partial charge in [-0.3, -0.25) is 4.79 Å². The van der Waals surface area contributed by atoms with Crippen molar-refractivity contribution in [2.75, 3.05) is 24.5 Å². The fourth-order valence-electron chi connectivity index (χ4n) is 4.29. The molecule has 0 aliphatic carbocycles. The third-order valence-corrected chi connectivity index (χ3v) is 6.09. The number of rotatable bonds is 4. The SMILES string of the molecule is C=Cc1ccc(N2CCC3(CC2)CC(=O)N(Cc2c(C)noc2C)C3)nc1. The van der Waals surface area contributed by atoms with Gasteiger partial charge in [0.1, 0.15) is 11.6 Å². The number of pyridine rings is 1. The highest BCUT2D eigenvalue weighted by Crippen LogP contribution is 2.42. The maximum Gasteiger partial charge on any atom is 0.223 e. The molecule has 4 heterocycles. The average Bonchev–Trinajstić information content (AvgIpc) is 3.16. The molecule has 0 radical (unpaired) electrons. The number of aryl methyl sites for hydroxylation is 2. The van der Waals surface area contributed by atoms with Gasteiger partial charge in [-0.05, 0) is 44.4 Å².